The van der Waals surface area contributed by atoms with E-state index in [0.29, 0.717) is 17.4 Å². The van der Waals surface area contributed by atoms with Crippen LogP contribution in [-0.2, 0) is 0 Å². The summed E-state index contributed by atoms with van der Waals surface area (Å²) in [5.41, 5.74) is 6.07. The molecule has 0 fully saturated rings. The number of methoxy groups -OCH3 is 2. The molecule has 0 unspecified atom stereocenters. The molecule has 0 spiro atoms. The SMILES string of the molecule is COc1ccc([C@H]2Oc3ccc(C)cc3C3=C2[C@H](c2cccnc2)n2ncnc2N3)cc1OC. The molecule has 0 saturated heterocycles. The Hall–Kier alpha value is -4.33. The number of hydrogen-bond acceptors (Lipinski definition) is 7. The van der Waals surface area contributed by atoms with E-state index in [0.717, 1.165) is 39.3 Å². The van der Waals surface area contributed by atoms with Gasteiger partial charge in [0, 0.05) is 29.1 Å². The normalized spacial score (nSPS) is 18.2. The Morgan fingerprint density at radius 1 is 1.00 bits per heavy atom. The van der Waals surface area contributed by atoms with Gasteiger partial charge in [-0.25, -0.2) is 4.68 Å². The van der Waals surface area contributed by atoms with Crippen molar-refractivity contribution in [2.24, 2.45) is 0 Å². The lowest BCUT2D eigenvalue weighted by molar-refractivity contribution is 0.222. The maximum atomic E-state index is 6.68. The maximum Gasteiger partial charge on any atom is 0.226 e. The molecule has 0 bridgehead atoms. The zero-order chi connectivity index (χ0) is 23.2. The fourth-order valence-electron chi connectivity index (χ4n) is 4.73. The van der Waals surface area contributed by atoms with Crippen molar-refractivity contribution in [1.82, 2.24) is 19.7 Å². The summed E-state index contributed by atoms with van der Waals surface area (Å²) in [5.74, 6) is 2.78. The monoisotopic (exact) mass is 453 g/mol. The second kappa shape index (κ2) is 7.91. The highest BCUT2D eigenvalue weighted by molar-refractivity contribution is 5.85. The zero-order valence-electron chi connectivity index (χ0n) is 19.0. The third-order valence-electron chi connectivity index (χ3n) is 6.28. The number of nitrogens with one attached hydrogen (secondary N) is 1. The number of pyridine rings is 1. The molecule has 4 aromatic rings. The highest BCUT2D eigenvalue weighted by Crippen LogP contribution is 2.51. The number of aromatic nitrogens is 4. The first-order valence-corrected chi connectivity index (χ1v) is 11.0. The molecule has 2 aliphatic rings. The van der Waals surface area contributed by atoms with Crippen LogP contribution in [0.15, 0.2) is 72.8 Å². The van der Waals surface area contributed by atoms with Crippen LogP contribution < -0.4 is 19.5 Å². The largest absolute Gasteiger partial charge is 0.493 e. The molecule has 34 heavy (non-hydrogen) atoms. The first-order valence-electron chi connectivity index (χ1n) is 11.0. The maximum absolute atomic E-state index is 6.68. The number of benzene rings is 2. The fourth-order valence-corrected chi connectivity index (χ4v) is 4.73. The average Bonchev–Trinajstić information content (AvgIpc) is 3.35. The van der Waals surface area contributed by atoms with Crippen LogP contribution in [0.2, 0.25) is 0 Å². The minimum atomic E-state index is -0.403. The molecule has 1 N–H and O–H groups in total. The number of anilines is 1. The molecule has 8 nitrogen and oxygen atoms in total. The van der Waals surface area contributed by atoms with Crippen molar-refractivity contribution < 1.29 is 14.2 Å². The number of aryl methyl sites for hydroxylation is 1. The smallest absolute Gasteiger partial charge is 0.226 e. The standard InChI is InChI=1S/C26H23N5O3/c1-15-6-8-19-18(11-15)23-22(25(34-19)16-7-9-20(32-2)21(12-16)33-3)24(17-5-4-10-27-13-17)31-26(30-23)28-14-29-31/h4-14,24-25H,1-3H3,(H,28,29,30)/t24-,25+/m0/s1. The van der Waals surface area contributed by atoms with Gasteiger partial charge in [-0.3, -0.25) is 4.98 Å². The molecule has 0 saturated carbocycles. The van der Waals surface area contributed by atoms with E-state index in [9.17, 15) is 0 Å². The highest BCUT2D eigenvalue weighted by atomic mass is 16.5. The van der Waals surface area contributed by atoms with Gasteiger partial charge in [-0.1, -0.05) is 23.8 Å². The molecule has 2 aliphatic heterocycles. The van der Waals surface area contributed by atoms with Gasteiger partial charge >= 0.3 is 0 Å². The molecular weight excluding hydrogens is 430 g/mol. The van der Waals surface area contributed by atoms with E-state index >= 15 is 0 Å². The zero-order valence-corrected chi connectivity index (χ0v) is 19.0. The molecular formula is C26H23N5O3. The number of ether oxygens (including phenoxy) is 3. The van der Waals surface area contributed by atoms with E-state index in [1.165, 1.54) is 0 Å². The molecule has 0 aliphatic carbocycles. The molecule has 8 heteroatoms. The summed E-state index contributed by atoms with van der Waals surface area (Å²) in [6.07, 6.45) is 4.79. The van der Waals surface area contributed by atoms with Crippen molar-refractivity contribution in [2.45, 2.75) is 19.1 Å². The fraction of sp³-hybridized carbons (Fsp3) is 0.192. The quantitative estimate of drug-likeness (QED) is 0.485. The highest BCUT2D eigenvalue weighted by Gasteiger charge is 2.41. The first-order chi connectivity index (χ1) is 16.7. The number of rotatable bonds is 4. The molecule has 6 rings (SSSR count). The third kappa shape index (κ3) is 3.10. The van der Waals surface area contributed by atoms with Crippen molar-refractivity contribution in [2.75, 3.05) is 19.5 Å². The molecule has 0 radical (unpaired) electrons. The van der Waals surface area contributed by atoms with Crippen molar-refractivity contribution >= 4 is 11.6 Å². The Kier molecular flexibility index (Phi) is 4.72. The first kappa shape index (κ1) is 20.3. The lowest BCUT2D eigenvalue weighted by atomic mass is 9.84. The summed E-state index contributed by atoms with van der Waals surface area (Å²) in [6, 6.07) is 15.8. The summed E-state index contributed by atoms with van der Waals surface area (Å²) in [6.45, 7) is 2.07. The van der Waals surface area contributed by atoms with E-state index < -0.39 is 6.10 Å². The number of hydrogen-bond donors (Lipinski definition) is 1. The van der Waals surface area contributed by atoms with Crippen LogP contribution in [0, 0.1) is 6.92 Å². The summed E-state index contributed by atoms with van der Waals surface area (Å²) in [4.78, 5) is 8.85. The Bertz CT molecular complexity index is 1410. The molecule has 4 heterocycles. The van der Waals surface area contributed by atoms with Gasteiger partial charge < -0.3 is 19.5 Å². The Balaban J connectivity index is 1.62. The van der Waals surface area contributed by atoms with Gasteiger partial charge in [0.05, 0.1) is 19.9 Å². The van der Waals surface area contributed by atoms with Crippen LogP contribution >= 0.6 is 0 Å². The van der Waals surface area contributed by atoms with E-state index in [-0.39, 0.29) is 6.04 Å². The summed E-state index contributed by atoms with van der Waals surface area (Å²) in [5, 5.41) is 8.07. The van der Waals surface area contributed by atoms with Gasteiger partial charge in [0.15, 0.2) is 11.5 Å². The van der Waals surface area contributed by atoms with Crippen LogP contribution in [-0.4, -0.2) is 34.0 Å². The summed E-state index contributed by atoms with van der Waals surface area (Å²) < 4.78 is 19.6. The van der Waals surface area contributed by atoms with Crippen molar-refractivity contribution in [3.05, 3.63) is 95.1 Å². The van der Waals surface area contributed by atoms with Crippen LogP contribution in [0.5, 0.6) is 17.2 Å². The van der Waals surface area contributed by atoms with Crippen molar-refractivity contribution in [3.63, 3.8) is 0 Å². The molecule has 2 aromatic carbocycles. The molecule has 2 aromatic heterocycles. The minimum Gasteiger partial charge on any atom is -0.493 e. The van der Waals surface area contributed by atoms with Crippen LogP contribution in [0.1, 0.15) is 34.4 Å². The second-order valence-electron chi connectivity index (χ2n) is 8.28. The van der Waals surface area contributed by atoms with E-state index in [1.807, 2.05) is 41.2 Å². The predicted octanol–water partition coefficient (Wildman–Crippen LogP) is 4.56. The number of fused-ring (bicyclic) bond motifs is 3. The minimum absolute atomic E-state index is 0.255. The lowest BCUT2D eigenvalue weighted by Gasteiger charge is -2.39. The van der Waals surface area contributed by atoms with Gasteiger partial charge in [0.1, 0.15) is 24.2 Å². The number of nitrogens with zero attached hydrogens (tertiary/aromatic N) is 4. The summed E-state index contributed by atoms with van der Waals surface area (Å²) in [7, 11) is 3.26. The third-order valence-corrected chi connectivity index (χ3v) is 6.28. The van der Waals surface area contributed by atoms with Crippen molar-refractivity contribution in [1.29, 1.82) is 0 Å². The Labute approximate surface area is 196 Å². The Morgan fingerprint density at radius 3 is 2.68 bits per heavy atom. The van der Waals surface area contributed by atoms with Crippen LogP contribution in [0.3, 0.4) is 0 Å². The second-order valence-corrected chi connectivity index (χ2v) is 8.28. The van der Waals surface area contributed by atoms with Crippen LogP contribution in [0.25, 0.3) is 5.70 Å². The van der Waals surface area contributed by atoms with Gasteiger partial charge in [-0.2, -0.15) is 10.1 Å². The van der Waals surface area contributed by atoms with E-state index in [4.69, 9.17) is 14.2 Å². The summed E-state index contributed by atoms with van der Waals surface area (Å²) >= 11 is 0. The average molecular weight is 454 g/mol. The predicted molar refractivity (Wildman–Crippen MR) is 127 cm³/mol. The van der Waals surface area contributed by atoms with Crippen LogP contribution in [0.4, 0.5) is 5.95 Å². The topological polar surface area (TPSA) is 83.3 Å². The van der Waals surface area contributed by atoms with Crippen molar-refractivity contribution in [3.8, 4) is 17.2 Å². The van der Waals surface area contributed by atoms with Gasteiger partial charge in [-0.05, 0) is 42.8 Å². The Morgan fingerprint density at radius 2 is 1.88 bits per heavy atom. The molecule has 2 atom stereocenters. The van der Waals surface area contributed by atoms with Gasteiger partial charge in [-0.15, -0.1) is 0 Å². The van der Waals surface area contributed by atoms with Gasteiger partial charge in [0.25, 0.3) is 0 Å². The lowest BCUT2D eigenvalue weighted by Crippen LogP contribution is -2.32. The molecule has 170 valence electrons. The van der Waals surface area contributed by atoms with Gasteiger partial charge in [0.2, 0.25) is 5.95 Å². The van der Waals surface area contributed by atoms with E-state index in [1.54, 1.807) is 26.7 Å². The molecule has 0 amide bonds. The van der Waals surface area contributed by atoms with E-state index in [2.05, 4.69) is 45.5 Å².